The number of aliphatic hydroxyl groups is 1. The molecular weight excluding hydrogens is 458 g/mol. The second kappa shape index (κ2) is 9.91. The van der Waals surface area contributed by atoms with Gasteiger partial charge in [0, 0.05) is 54.2 Å². The highest BCUT2D eigenvalue weighted by Gasteiger charge is 2.33. The predicted octanol–water partition coefficient (Wildman–Crippen LogP) is 2.70. The number of aliphatic imine (C=N–C) groups is 1. The average molecular weight is 492 g/mol. The summed E-state index contributed by atoms with van der Waals surface area (Å²) < 4.78 is 5.42. The molecule has 4 N–H and O–H groups in total. The molecule has 2 aromatic carbocycles. The molecule has 0 unspecified atom stereocenters. The van der Waals surface area contributed by atoms with E-state index in [0.717, 1.165) is 37.2 Å². The van der Waals surface area contributed by atoms with Crippen molar-refractivity contribution in [3.8, 4) is 0 Å². The first kappa shape index (κ1) is 24.3. The van der Waals surface area contributed by atoms with Gasteiger partial charge in [0.1, 0.15) is 0 Å². The lowest BCUT2D eigenvalue weighted by atomic mass is 9.93. The van der Waals surface area contributed by atoms with Gasteiger partial charge in [-0.05, 0) is 68.5 Å². The maximum absolute atomic E-state index is 13.4. The number of amides is 2. The minimum Gasteiger partial charge on any atom is -0.386 e. The number of guanidine groups is 1. The van der Waals surface area contributed by atoms with Crippen LogP contribution in [0, 0.1) is 0 Å². The summed E-state index contributed by atoms with van der Waals surface area (Å²) in [4.78, 5) is 32.1. The third-order valence-corrected chi connectivity index (χ3v) is 6.74. The van der Waals surface area contributed by atoms with Gasteiger partial charge < -0.3 is 30.7 Å². The fourth-order valence-corrected chi connectivity index (χ4v) is 4.72. The Kier molecular flexibility index (Phi) is 6.68. The summed E-state index contributed by atoms with van der Waals surface area (Å²) in [7, 11) is 0. The fourth-order valence-electron chi connectivity index (χ4n) is 4.72. The van der Waals surface area contributed by atoms with Gasteiger partial charge in [0.25, 0.3) is 11.8 Å². The molecule has 9 nitrogen and oxygen atoms in total. The number of ether oxygens (including phenoxy) is 1. The Morgan fingerprint density at radius 2 is 1.81 bits per heavy atom. The highest BCUT2D eigenvalue weighted by molar-refractivity contribution is 6.03. The van der Waals surface area contributed by atoms with E-state index in [1.165, 1.54) is 0 Å². The molecule has 1 aliphatic carbocycles. The van der Waals surface area contributed by atoms with Gasteiger partial charge in [0.15, 0.2) is 5.96 Å². The van der Waals surface area contributed by atoms with Crippen molar-refractivity contribution in [3.05, 3.63) is 58.7 Å². The zero-order chi connectivity index (χ0) is 25.3. The molecule has 0 atom stereocenters. The number of nitrogens with zero attached hydrogens (tertiary/aromatic N) is 2. The molecule has 2 aromatic rings. The molecule has 2 amide bonds. The summed E-state index contributed by atoms with van der Waals surface area (Å²) >= 11 is 0. The number of anilines is 2. The number of morpholine rings is 1. The van der Waals surface area contributed by atoms with E-state index in [0.29, 0.717) is 60.6 Å². The molecule has 5 rings (SSSR count). The molecule has 0 aromatic heterocycles. The third kappa shape index (κ3) is 5.22. The number of benzene rings is 2. The van der Waals surface area contributed by atoms with E-state index in [1.807, 2.05) is 23.1 Å². The van der Waals surface area contributed by atoms with Crippen LogP contribution < -0.4 is 16.0 Å². The first-order chi connectivity index (χ1) is 17.3. The monoisotopic (exact) mass is 491 g/mol. The Hall–Kier alpha value is -3.43. The van der Waals surface area contributed by atoms with E-state index in [1.54, 1.807) is 32.0 Å². The van der Waals surface area contributed by atoms with Gasteiger partial charge in [0.2, 0.25) is 0 Å². The van der Waals surface area contributed by atoms with E-state index in [9.17, 15) is 14.7 Å². The molecule has 2 saturated heterocycles. The SMILES string of the molecule is CC(C)(O)c1cc(C(=O)N=C2NCCN2)ccc1Nc1cccc(C(=O)N2CCOCC2)c1C1CC1. The molecule has 0 spiro atoms. The first-order valence-electron chi connectivity index (χ1n) is 12.6. The molecule has 9 heteroatoms. The van der Waals surface area contributed by atoms with Crippen LogP contribution in [0.25, 0.3) is 0 Å². The van der Waals surface area contributed by atoms with Crippen LogP contribution in [0.3, 0.4) is 0 Å². The van der Waals surface area contributed by atoms with Gasteiger partial charge in [-0.1, -0.05) is 6.07 Å². The van der Waals surface area contributed by atoms with Crippen LogP contribution >= 0.6 is 0 Å². The van der Waals surface area contributed by atoms with Crippen molar-refractivity contribution in [1.29, 1.82) is 0 Å². The number of carbonyl (C=O) groups is 2. The molecule has 3 aliphatic rings. The third-order valence-electron chi connectivity index (χ3n) is 6.74. The molecule has 0 bridgehead atoms. The largest absolute Gasteiger partial charge is 0.386 e. The Morgan fingerprint density at radius 3 is 2.47 bits per heavy atom. The molecule has 190 valence electrons. The highest BCUT2D eigenvalue weighted by atomic mass is 16.5. The summed E-state index contributed by atoms with van der Waals surface area (Å²) in [5, 5.41) is 20.5. The van der Waals surface area contributed by atoms with Crippen LogP contribution in [-0.2, 0) is 10.3 Å². The van der Waals surface area contributed by atoms with E-state index >= 15 is 0 Å². The van der Waals surface area contributed by atoms with E-state index in [4.69, 9.17) is 4.74 Å². The highest BCUT2D eigenvalue weighted by Crippen LogP contribution is 2.46. The second-order valence-corrected chi connectivity index (χ2v) is 10.0. The Bertz CT molecular complexity index is 1190. The van der Waals surface area contributed by atoms with Gasteiger partial charge in [-0.25, -0.2) is 0 Å². The van der Waals surface area contributed by atoms with Crippen molar-refractivity contribution in [1.82, 2.24) is 15.5 Å². The van der Waals surface area contributed by atoms with E-state index in [-0.39, 0.29) is 11.8 Å². The Balaban J connectivity index is 1.48. The quantitative estimate of drug-likeness (QED) is 0.491. The van der Waals surface area contributed by atoms with Crippen LogP contribution in [0.4, 0.5) is 11.4 Å². The fraction of sp³-hybridized carbons (Fsp3) is 0.444. The van der Waals surface area contributed by atoms with Gasteiger partial charge in [0.05, 0.1) is 18.8 Å². The number of rotatable bonds is 6. The summed E-state index contributed by atoms with van der Waals surface area (Å²) in [6, 6.07) is 11.0. The minimum atomic E-state index is -1.21. The van der Waals surface area contributed by atoms with Crippen LogP contribution in [0.15, 0.2) is 41.4 Å². The average Bonchev–Trinajstić information content (AvgIpc) is 3.58. The smallest absolute Gasteiger partial charge is 0.280 e. The first-order valence-corrected chi connectivity index (χ1v) is 12.6. The number of hydrogen-bond acceptors (Lipinski definition) is 5. The summed E-state index contributed by atoms with van der Waals surface area (Å²) in [5.41, 5.74) is 3.01. The zero-order valence-corrected chi connectivity index (χ0v) is 20.8. The lowest BCUT2D eigenvalue weighted by molar-refractivity contribution is 0.0302. The molecule has 2 aliphatic heterocycles. The standard InChI is InChI=1S/C27H33N5O4/c1-27(2,35)20-16-18(24(33)31-26-28-10-11-29-26)8-9-21(20)30-22-5-3-4-19(23(22)17-6-7-17)25(34)32-12-14-36-15-13-32/h3-5,8-9,16-17,30,35H,6-7,10-15H2,1-2H3,(H2,28,29,31,33). The molecular formula is C27H33N5O4. The molecule has 3 fully saturated rings. The molecule has 2 heterocycles. The van der Waals surface area contributed by atoms with E-state index < -0.39 is 5.60 Å². The molecule has 1 saturated carbocycles. The maximum Gasteiger partial charge on any atom is 0.280 e. The van der Waals surface area contributed by atoms with Crippen molar-refractivity contribution in [2.24, 2.45) is 4.99 Å². The van der Waals surface area contributed by atoms with Gasteiger partial charge in [-0.3, -0.25) is 9.59 Å². The van der Waals surface area contributed by atoms with Gasteiger partial charge >= 0.3 is 0 Å². The van der Waals surface area contributed by atoms with Gasteiger partial charge in [-0.2, -0.15) is 4.99 Å². The van der Waals surface area contributed by atoms with Crippen molar-refractivity contribution >= 4 is 29.1 Å². The topological polar surface area (TPSA) is 115 Å². The van der Waals surface area contributed by atoms with Crippen LogP contribution in [0.5, 0.6) is 0 Å². The van der Waals surface area contributed by atoms with Crippen LogP contribution in [-0.4, -0.2) is 67.2 Å². The maximum atomic E-state index is 13.4. The summed E-state index contributed by atoms with van der Waals surface area (Å²) in [6.45, 7) is 7.12. The minimum absolute atomic E-state index is 0.0285. The molecule has 0 radical (unpaired) electrons. The van der Waals surface area contributed by atoms with Crippen molar-refractivity contribution in [2.45, 2.75) is 38.2 Å². The van der Waals surface area contributed by atoms with Crippen LogP contribution in [0.1, 0.15) is 64.4 Å². The Morgan fingerprint density at radius 1 is 1.08 bits per heavy atom. The Labute approximate surface area is 210 Å². The van der Waals surface area contributed by atoms with Crippen molar-refractivity contribution in [2.75, 3.05) is 44.7 Å². The summed E-state index contributed by atoms with van der Waals surface area (Å²) in [6.07, 6.45) is 2.08. The molecule has 36 heavy (non-hydrogen) atoms. The van der Waals surface area contributed by atoms with Crippen molar-refractivity contribution in [3.63, 3.8) is 0 Å². The van der Waals surface area contributed by atoms with Gasteiger partial charge in [-0.15, -0.1) is 0 Å². The van der Waals surface area contributed by atoms with Crippen LogP contribution in [0.2, 0.25) is 0 Å². The second-order valence-electron chi connectivity index (χ2n) is 10.0. The number of nitrogens with one attached hydrogen (secondary N) is 3. The zero-order valence-electron chi connectivity index (χ0n) is 20.8. The lowest BCUT2D eigenvalue weighted by Crippen LogP contribution is -2.41. The lowest BCUT2D eigenvalue weighted by Gasteiger charge is -2.28. The number of carbonyl (C=O) groups excluding carboxylic acids is 2. The summed E-state index contributed by atoms with van der Waals surface area (Å²) in [5.74, 6) is 0.423. The normalized spacial score (nSPS) is 17.9. The van der Waals surface area contributed by atoms with E-state index in [2.05, 4.69) is 20.9 Å². The number of hydrogen-bond donors (Lipinski definition) is 4. The predicted molar refractivity (Wildman–Crippen MR) is 138 cm³/mol. The van der Waals surface area contributed by atoms with Crippen molar-refractivity contribution < 1.29 is 19.4 Å².